The molecule has 4 atom stereocenters. The summed E-state index contributed by atoms with van der Waals surface area (Å²) >= 11 is 0. The van der Waals surface area contributed by atoms with E-state index in [9.17, 15) is 23.5 Å². The Bertz CT molecular complexity index is 863. The van der Waals surface area contributed by atoms with Crippen LogP contribution in [0, 0.1) is 23.7 Å². The van der Waals surface area contributed by atoms with Gasteiger partial charge in [-0.05, 0) is 50.1 Å². The van der Waals surface area contributed by atoms with E-state index in [1.54, 1.807) is 0 Å². The number of alkyl halides is 2. The molecule has 2 amide bonds. The minimum Gasteiger partial charge on any atom is -0.381 e. The number of likely N-dealkylation sites (N-methyl/N-ethyl adjacent to an activating group) is 1. The molecule has 1 aromatic rings. The Balaban J connectivity index is 2.07. The maximum absolute atomic E-state index is 13.0. The van der Waals surface area contributed by atoms with Gasteiger partial charge in [-0.2, -0.15) is 0 Å². The van der Waals surface area contributed by atoms with Crippen LogP contribution in [-0.4, -0.2) is 64.7 Å². The average Bonchev–Trinajstić information content (AvgIpc) is 3.37. The lowest BCUT2D eigenvalue weighted by Gasteiger charge is -2.30. The van der Waals surface area contributed by atoms with Crippen molar-refractivity contribution in [2.24, 2.45) is 0 Å². The zero-order valence-electron chi connectivity index (χ0n) is 15.2. The standard InChI is InChI=1S/C19H19F2N3O4/c1-19(27,18(20)21)15(17(26)23-28)22-16(25)13-9-7-12(8-10-13)5-3-4-6-14-11-24(14)2/h7-10,14-15,18,27-28H,11H2,1-2H3,(H,22,25)(H,23,26). The summed E-state index contributed by atoms with van der Waals surface area (Å²) in [5.74, 6) is 8.94. The molecule has 28 heavy (non-hydrogen) atoms. The maximum atomic E-state index is 13.0. The van der Waals surface area contributed by atoms with Crippen molar-refractivity contribution in [2.45, 2.75) is 31.0 Å². The van der Waals surface area contributed by atoms with Crippen molar-refractivity contribution in [1.82, 2.24) is 15.7 Å². The molecule has 1 heterocycles. The number of hydrogen-bond acceptors (Lipinski definition) is 5. The highest BCUT2D eigenvalue weighted by Crippen LogP contribution is 2.20. The van der Waals surface area contributed by atoms with Crippen molar-refractivity contribution < 1.29 is 28.7 Å². The van der Waals surface area contributed by atoms with Crippen LogP contribution < -0.4 is 10.8 Å². The number of halogens is 2. The quantitative estimate of drug-likeness (QED) is 0.245. The van der Waals surface area contributed by atoms with Crippen LogP contribution in [0.3, 0.4) is 0 Å². The predicted molar refractivity (Wildman–Crippen MR) is 95.3 cm³/mol. The van der Waals surface area contributed by atoms with Gasteiger partial charge in [0.25, 0.3) is 18.2 Å². The third kappa shape index (κ3) is 5.27. The fourth-order valence-corrected chi connectivity index (χ4v) is 2.19. The van der Waals surface area contributed by atoms with E-state index in [-0.39, 0.29) is 11.6 Å². The summed E-state index contributed by atoms with van der Waals surface area (Å²) < 4.78 is 26.0. The largest absolute Gasteiger partial charge is 0.381 e. The number of aliphatic hydroxyl groups is 1. The second-order valence-electron chi connectivity index (χ2n) is 6.46. The van der Waals surface area contributed by atoms with Crippen molar-refractivity contribution >= 4 is 11.8 Å². The summed E-state index contributed by atoms with van der Waals surface area (Å²) in [4.78, 5) is 25.9. The van der Waals surface area contributed by atoms with Gasteiger partial charge >= 0.3 is 0 Å². The molecule has 1 fully saturated rings. The molecule has 7 nitrogen and oxygen atoms in total. The van der Waals surface area contributed by atoms with Crippen LogP contribution in [0.15, 0.2) is 24.3 Å². The Morgan fingerprint density at radius 3 is 2.39 bits per heavy atom. The van der Waals surface area contributed by atoms with Crippen LogP contribution in [0.2, 0.25) is 0 Å². The van der Waals surface area contributed by atoms with E-state index in [0.29, 0.717) is 12.5 Å². The average molecular weight is 391 g/mol. The molecular weight excluding hydrogens is 372 g/mol. The topological polar surface area (TPSA) is 102 Å². The molecule has 148 valence electrons. The first-order chi connectivity index (χ1) is 13.2. The first-order valence-corrected chi connectivity index (χ1v) is 8.24. The van der Waals surface area contributed by atoms with Gasteiger partial charge in [0.2, 0.25) is 0 Å². The Labute approximate surface area is 160 Å². The monoisotopic (exact) mass is 391 g/mol. The number of amides is 2. The van der Waals surface area contributed by atoms with Crippen molar-refractivity contribution in [3.63, 3.8) is 0 Å². The van der Waals surface area contributed by atoms with Gasteiger partial charge in [0.05, 0.1) is 6.04 Å². The minimum atomic E-state index is -3.34. The number of carbonyl (C=O) groups is 2. The van der Waals surface area contributed by atoms with Crippen LogP contribution in [0.4, 0.5) is 8.78 Å². The van der Waals surface area contributed by atoms with Crippen molar-refractivity contribution in [2.75, 3.05) is 13.6 Å². The number of carbonyl (C=O) groups excluding carboxylic acids is 2. The van der Waals surface area contributed by atoms with Gasteiger partial charge in [-0.25, -0.2) is 14.3 Å². The van der Waals surface area contributed by atoms with E-state index in [4.69, 9.17) is 5.21 Å². The van der Waals surface area contributed by atoms with Gasteiger partial charge in [0, 0.05) is 17.7 Å². The van der Waals surface area contributed by atoms with Gasteiger partial charge in [0.1, 0.15) is 6.04 Å². The van der Waals surface area contributed by atoms with E-state index in [2.05, 4.69) is 28.6 Å². The van der Waals surface area contributed by atoms with E-state index in [1.165, 1.54) is 24.3 Å². The highest BCUT2D eigenvalue weighted by atomic mass is 19.3. The smallest absolute Gasteiger partial charge is 0.269 e. The predicted octanol–water partition coefficient (Wildman–Crippen LogP) is -0.0246. The molecule has 4 unspecified atom stereocenters. The molecule has 0 radical (unpaired) electrons. The lowest BCUT2D eigenvalue weighted by atomic mass is 9.95. The first-order valence-electron chi connectivity index (χ1n) is 8.24. The maximum Gasteiger partial charge on any atom is 0.269 e. The Hall–Kier alpha value is -2.98. The lowest BCUT2D eigenvalue weighted by Crippen LogP contribution is -2.61. The summed E-state index contributed by atoms with van der Waals surface area (Å²) in [7, 11) is 1.95. The van der Waals surface area contributed by atoms with Gasteiger partial charge in [-0.1, -0.05) is 11.8 Å². The molecule has 0 spiro atoms. The summed E-state index contributed by atoms with van der Waals surface area (Å²) in [5.41, 5.74) is -1.10. The van der Waals surface area contributed by atoms with Crippen LogP contribution in [0.1, 0.15) is 22.8 Å². The van der Waals surface area contributed by atoms with Crippen LogP contribution in [0.25, 0.3) is 0 Å². The molecule has 0 aromatic heterocycles. The SMILES string of the molecule is CN1CC1C#CC#Cc1ccc(C(=O)NC(C(=O)NO)C(C)(O)C(F)F)cc1. The third-order valence-corrected chi connectivity index (χ3v) is 4.19. The highest BCUT2D eigenvalue weighted by Gasteiger charge is 2.46. The fraction of sp³-hybridized carbons (Fsp3) is 0.368. The van der Waals surface area contributed by atoms with Crippen molar-refractivity contribution in [3.05, 3.63) is 35.4 Å². The number of nitrogens with one attached hydrogen (secondary N) is 2. The first kappa shape index (κ1) is 21.3. The molecule has 4 N–H and O–H groups in total. The summed E-state index contributed by atoms with van der Waals surface area (Å²) in [6.07, 6.45) is -3.34. The van der Waals surface area contributed by atoms with Gasteiger partial charge in [-0.15, -0.1) is 0 Å². The normalized spacial score (nSPS) is 20.5. The lowest BCUT2D eigenvalue weighted by molar-refractivity contribution is -0.149. The van der Waals surface area contributed by atoms with Gasteiger partial charge < -0.3 is 10.4 Å². The van der Waals surface area contributed by atoms with Gasteiger partial charge in [-0.3, -0.25) is 19.7 Å². The number of rotatable bonds is 5. The van der Waals surface area contributed by atoms with E-state index >= 15 is 0 Å². The summed E-state index contributed by atoms with van der Waals surface area (Å²) in [6.45, 7) is 1.60. The second kappa shape index (κ2) is 8.81. The van der Waals surface area contributed by atoms with Crippen molar-refractivity contribution in [1.29, 1.82) is 0 Å². The van der Waals surface area contributed by atoms with Crippen LogP contribution >= 0.6 is 0 Å². The molecule has 1 aliphatic heterocycles. The third-order valence-electron chi connectivity index (χ3n) is 4.19. The number of hydrogen-bond donors (Lipinski definition) is 4. The molecule has 0 aliphatic carbocycles. The van der Waals surface area contributed by atoms with Crippen LogP contribution in [0.5, 0.6) is 0 Å². The molecule has 1 aromatic carbocycles. The minimum absolute atomic E-state index is 0.0528. The molecule has 1 saturated heterocycles. The summed E-state index contributed by atoms with van der Waals surface area (Å²) in [5, 5.41) is 20.5. The van der Waals surface area contributed by atoms with Gasteiger partial charge in [0.15, 0.2) is 5.60 Å². The number of benzene rings is 1. The molecule has 2 rings (SSSR count). The van der Waals surface area contributed by atoms with Crippen LogP contribution in [-0.2, 0) is 4.79 Å². The fourth-order valence-electron chi connectivity index (χ4n) is 2.19. The zero-order valence-corrected chi connectivity index (χ0v) is 15.2. The molecular formula is C19H19F2N3O4. The number of nitrogens with zero attached hydrogens (tertiary/aromatic N) is 1. The Kier molecular flexibility index (Phi) is 6.71. The molecule has 9 heteroatoms. The van der Waals surface area contributed by atoms with E-state index in [0.717, 1.165) is 12.0 Å². The van der Waals surface area contributed by atoms with E-state index < -0.39 is 29.9 Å². The van der Waals surface area contributed by atoms with E-state index in [1.807, 2.05) is 12.4 Å². The Morgan fingerprint density at radius 2 is 1.89 bits per heavy atom. The number of hydroxylamine groups is 1. The molecule has 0 saturated carbocycles. The molecule has 0 bridgehead atoms. The molecule has 1 aliphatic rings. The van der Waals surface area contributed by atoms with Crippen molar-refractivity contribution in [3.8, 4) is 23.7 Å². The summed E-state index contributed by atoms with van der Waals surface area (Å²) in [6, 6.07) is 3.99. The highest BCUT2D eigenvalue weighted by molar-refractivity contribution is 5.97. The zero-order chi connectivity index (χ0) is 20.9. The Morgan fingerprint density at radius 1 is 1.29 bits per heavy atom. The second-order valence-corrected chi connectivity index (χ2v) is 6.46.